The number of aryl methyl sites for hydroxylation is 2. The third-order valence-electron chi connectivity index (χ3n) is 7.68. The van der Waals surface area contributed by atoms with E-state index in [-0.39, 0.29) is 5.91 Å². The van der Waals surface area contributed by atoms with Crippen LogP contribution in [0.5, 0.6) is 0 Å². The Hall–Kier alpha value is -4.76. The molecule has 1 amide bonds. The molecule has 4 heterocycles. The summed E-state index contributed by atoms with van der Waals surface area (Å²) >= 11 is 0. The van der Waals surface area contributed by atoms with Crippen molar-refractivity contribution in [1.29, 1.82) is 0 Å². The van der Waals surface area contributed by atoms with Gasteiger partial charge in [-0.25, -0.2) is 9.98 Å². The Morgan fingerprint density at radius 2 is 2.02 bits per heavy atom. The van der Waals surface area contributed by atoms with Crippen molar-refractivity contribution in [3.05, 3.63) is 88.3 Å². The lowest BCUT2D eigenvalue weighted by atomic mass is 9.94. The standard InChI is InChI=1S/C32H33N7O2/c1-19(2)29(36-32(33-4)35-27-16-20(3)38(5)37-27)25-17-34-30-24(25)10-7-11-26(30)39-18-22-8-6-9-23(28(22)31(39)40)21-12-14-41-15-13-21/h6-12,16-17,34H,4,13-15,18H2,1-3,5H3,(H,35,36,37). The Balaban J connectivity index is 1.37. The summed E-state index contributed by atoms with van der Waals surface area (Å²) in [7, 11) is 1.89. The highest BCUT2D eigenvalue weighted by molar-refractivity contribution is 6.16. The minimum Gasteiger partial charge on any atom is -0.377 e. The Morgan fingerprint density at radius 3 is 2.73 bits per heavy atom. The molecule has 9 heteroatoms. The molecule has 208 valence electrons. The van der Waals surface area contributed by atoms with Gasteiger partial charge in [0.2, 0.25) is 5.96 Å². The first-order valence-electron chi connectivity index (χ1n) is 13.7. The van der Waals surface area contributed by atoms with Crippen molar-refractivity contribution in [2.75, 3.05) is 23.4 Å². The van der Waals surface area contributed by atoms with Gasteiger partial charge in [-0.1, -0.05) is 36.4 Å². The van der Waals surface area contributed by atoms with Gasteiger partial charge in [0.25, 0.3) is 5.91 Å². The van der Waals surface area contributed by atoms with Gasteiger partial charge in [-0.15, -0.1) is 0 Å². The van der Waals surface area contributed by atoms with Crippen LogP contribution >= 0.6 is 0 Å². The smallest absolute Gasteiger partial charge is 0.259 e. The Kier molecular flexibility index (Phi) is 6.88. The summed E-state index contributed by atoms with van der Waals surface area (Å²) in [6.45, 7) is 11.5. The molecular formula is C32H33N7O2. The van der Waals surface area contributed by atoms with Gasteiger partial charge < -0.3 is 19.9 Å². The highest BCUT2D eigenvalue weighted by atomic mass is 16.5. The first-order chi connectivity index (χ1) is 19.9. The quantitative estimate of drug-likeness (QED) is 0.233. The SMILES string of the molecule is C=N/C(=N\C(=C(C)C)c1c[nH]c2c(N3Cc4cccc(C5=CCOCC5)c4C3=O)cccc12)Nc1cc(C)n(C)n1. The molecule has 41 heavy (non-hydrogen) atoms. The second-order valence-corrected chi connectivity index (χ2v) is 10.5. The van der Waals surface area contributed by atoms with Crippen LogP contribution in [-0.4, -0.2) is 46.6 Å². The van der Waals surface area contributed by atoms with Crippen LogP contribution in [0.25, 0.3) is 22.2 Å². The molecule has 0 atom stereocenters. The molecule has 2 aromatic carbocycles. The molecule has 0 saturated carbocycles. The molecule has 0 spiro atoms. The Bertz CT molecular complexity index is 1760. The molecule has 0 aliphatic carbocycles. The topological polar surface area (TPSA) is 99.9 Å². The van der Waals surface area contributed by atoms with Crippen molar-refractivity contribution in [2.45, 2.75) is 33.7 Å². The van der Waals surface area contributed by atoms with E-state index in [9.17, 15) is 4.79 Å². The fraction of sp³-hybridized carbons (Fsp3) is 0.250. The first-order valence-corrected chi connectivity index (χ1v) is 13.7. The predicted molar refractivity (Wildman–Crippen MR) is 165 cm³/mol. The second kappa shape index (κ2) is 10.7. The summed E-state index contributed by atoms with van der Waals surface area (Å²) in [6, 6.07) is 14.1. The monoisotopic (exact) mass is 547 g/mol. The number of fused-ring (bicyclic) bond motifs is 2. The summed E-state index contributed by atoms with van der Waals surface area (Å²) in [4.78, 5) is 28.2. The zero-order chi connectivity index (χ0) is 28.7. The van der Waals surface area contributed by atoms with Crippen LogP contribution < -0.4 is 10.2 Å². The molecule has 2 aromatic heterocycles. The van der Waals surface area contributed by atoms with E-state index >= 15 is 0 Å². The predicted octanol–water partition coefficient (Wildman–Crippen LogP) is 6.09. The Morgan fingerprint density at radius 1 is 1.20 bits per heavy atom. The maximum atomic E-state index is 13.9. The van der Waals surface area contributed by atoms with Gasteiger partial charge in [0.05, 0.1) is 42.2 Å². The fourth-order valence-electron chi connectivity index (χ4n) is 5.54. The van der Waals surface area contributed by atoms with Gasteiger partial charge in [-0.3, -0.25) is 9.48 Å². The number of anilines is 2. The average molecular weight is 548 g/mol. The maximum absolute atomic E-state index is 13.9. The van der Waals surface area contributed by atoms with Gasteiger partial charge in [0, 0.05) is 36.0 Å². The number of rotatable bonds is 5. The van der Waals surface area contributed by atoms with Crippen molar-refractivity contribution in [3.63, 3.8) is 0 Å². The number of para-hydroxylation sites is 1. The van der Waals surface area contributed by atoms with E-state index in [0.717, 1.165) is 62.2 Å². The van der Waals surface area contributed by atoms with Gasteiger partial charge >= 0.3 is 0 Å². The minimum atomic E-state index is 0.0140. The summed E-state index contributed by atoms with van der Waals surface area (Å²) in [5.41, 5.74) is 9.43. The number of hydrogen-bond donors (Lipinski definition) is 2. The number of carbonyl (C=O) groups excluding carboxylic acids is 1. The van der Waals surface area contributed by atoms with E-state index in [1.807, 2.05) is 75.3 Å². The number of aromatic amines is 1. The van der Waals surface area contributed by atoms with Crippen LogP contribution in [-0.2, 0) is 18.3 Å². The van der Waals surface area contributed by atoms with E-state index in [1.54, 1.807) is 4.68 Å². The van der Waals surface area contributed by atoms with Gasteiger partial charge in [0.15, 0.2) is 5.82 Å². The van der Waals surface area contributed by atoms with Crippen molar-refractivity contribution >= 4 is 52.3 Å². The van der Waals surface area contributed by atoms with Crippen molar-refractivity contribution in [1.82, 2.24) is 14.8 Å². The van der Waals surface area contributed by atoms with Gasteiger partial charge in [0.1, 0.15) is 0 Å². The lowest BCUT2D eigenvalue weighted by Gasteiger charge is -2.18. The van der Waals surface area contributed by atoms with Crippen molar-refractivity contribution < 1.29 is 9.53 Å². The Labute approximate surface area is 239 Å². The van der Waals surface area contributed by atoms with Gasteiger partial charge in [-0.2, -0.15) is 5.10 Å². The number of ether oxygens (including phenoxy) is 1. The van der Waals surface area contributed by atoms with E-state index in [1.165, 1.54) is 5.57 Å². The molecule has 0 unspecified atom stereocenters. The van der Waals surface area contributed by atoms with Crippen LogP contribution in [0.2, 0.25) is 0 Å². The normalized spacial score (nSPS) is 15.2. The maximum Gasteiger partial charge on any atom is 0.259 e. The molecule has 0 saturated heterocycles. The van der Waals surface area contributed by atoms with Crippen LogP contribution in [0.3, 0.4) is 0 Å². The number of allylic oxidation sites excluding steroid dienone is 1. The zero-order valence-electron chi connectivity index (χ0n) is 23.8. The molecule has 2 aliphatic rings. The number of amides is 1. The van der Waals surface area contributed by atoms with Crippen molar-refractivity contribution in [3.8, 4) is 0 Å². The third-order valence-corrected chi connectivity index (χ3v) is 7.68. The van der Waals surface area contributed by atoms with E-state index in [0.29, 0.717) is 31.5 Å². The first kappa shape index (κ1) is 26.5. The molecule has 2 N–H and O–H groups in total. The molecule has 2 aliphatic heterocycles. The molecule has 0 radical (unpaired) electrons. The average Bonchev–Trinajstić information content (AvgIpc) is 3.65. The van der Waals surface area contributed by atoms with Crippen molar-refractivity contribution in [2.24, 2.45) is 17.0 Å². The third kappa shape index (κ3) is 4.78. The highest BCUT2D eigenvalue weighted by Gasteiger charge is 2.33. The number of benzene rings is 2. The van der Waals surface area contributed by atoms with Crippen LogP contribution in [0.4, 0.5) is 11.5 Å². The number of nitrogens with zero attached hydrogens (tertiary/aromatic N) is 5. The number of H-pyrrole nitrogens is 1. The molecule has 0 fully saturated rings. The number of aliphatic imine (C=N–C) groups is 2. The lowest BCUT2D eigenvalue weighted by molar-refractivity contribution is 0.0996. The summed E-state index contributed by atoms with van der Waals surface area (Å²) in [5, 5.41) is 8.58. The zero-order valence-corrected chi connectivity index (χ0v) is 23.8. The fourth-order valence-corrected chi connectivity index (χ4v) is 5.54. The number of guanidine groups is 1. The van der Waals surface area contributed by atoms with E-state index in [2.05, 4.69) is 39.3 Å². The number of aromatic nitrogens is 3. The summed E-state index contributed by atoms with van der Waals surface area (Å²) < 4.78 is 7.29. The van der Waals surface area contributed by atoms with Crippen LogP contribution in [0.15, 0.2) is 70.3 Å². The van der Waals surface area contributed by atoms with Gasteiger partial charge in [-0.05, 0) is 62.2 Å². The second-order valence-electron chi connectivity index (χ2n) is 10.5. The number of carbonyl (C=O) groups is 1. The molecule has 4 aromatic rings. The molecular weight excluding hydrogens is 514 g/mol. The highest BCUT2D eigenvalue weighted by Crippen LogP contribution is 2.39. The summed E-state index contributed by atoms with van der Waals surface area (Å²) in [6.07, 6.45) is 4.84. The summed E-state index contributed by atoms with van der Waals surface area (Å²) in [5.74, 6) is 1.01. The van der Waals surface area contributed by atoms with Crippen LogP contribution in [0.1, 0.15) is 53.0 Å². The number of hydrogen-bond acceptors (Lipinski definition) is 4. The largest absolute Gasteiger partial charge is 0.377 e. The van der Waals surface area contributed by atoms with E-state index < -0.39 is 0 Å². The molecule has 6 rings (SSSR count). The minimum absolute atomic E-state index is 0.0140. The van der Waals surface area contributed by atoms with E-state index in [4.69, 9.17) is 9.73 Å². The van der Waals surface area contributed by atoms with Crippen LogP contribution in [0, 0.1) is 6.92 Å². The lowest BCUT2D eigenvalue weighted by Crippen LogP contribution is -2.24. The molecule has 9 nitrogen and oxygen atoms in total. The molecule has 0 bridgehead atoms. The number of nitrogens with one attached hydrogen (secondary N) is 2.